The van der Waals surface area contributed by atoms with Gasteiger partial charge in [-0.3, -0.25) is 9.59 Å². The number of aliphatic carboxylic acids is 1. The predicted octanol–water partition coefficient (Wildman–Crippen LogP) is 3.84. The van der Waals surface area contributed by atoms with Crippen molar-refractivity contribution in [1.29, 1.82) is 0 Å². The van der Waals surface area contributed by atoms with Crippen LogP contribution in [0.3, 0.4) is 0 Å². The lowest BCUT2D eigenvalue weighted by atomic mass is 9.95. The van der Waals surface area contributed by atoms with Crippen molar-refractivity contribution in [3.8, 4) is 11.5 Å². The number of carboxylic acids is 1. The number of fused-ring (bicyclic) bond motifs is 2. The molecule has 1 heterocycles. The highest BCUT2D eigenvalue weighted by Crippen LogP contribution is 2.33. The molecule has 3 aromatic carbocycles. The molecule has 0 fully saturated rings. The number of carbonyl (C=O) groups excluding carboxylic acids is 1. The summed E-state index contributed by atoms with van der Waals surface area (Å²) in [6, 6.07) is 18.7. The van der Waals surface area contributed by atoms with Crippen LogP contribution in [0, 0.1) is 5.92 Å². The van der Waals surface area contributed by atoms with Crippen LogP contribution in [0.15, 0.2) is 60.7 Å². The molecule has 28 heavy (non-hydrogen) atoms. The van der Waals surface area contributed by atoms with Crippen LogP contribution in [-0.2, 0) is 16.0 Å². The van der Waals surface area contributed by atoms with Crippen molar-refractivity contribution in [2.24, 2.45) is 5.92 Å². The van der Waals surface area contributed by atoms with Crippen LogP contribution >= 0.6 is 0 Å². The number of rotatable bonds is 6. The van der Waals surface area contributed by atoms with Crippen LogP contribution in [0.1, 0.15) is 12.0 Å². The molecule has 0 saturated heterocycles. The van der Waals surface area contributed by atoms with Crippen LogP contribution in [0.25, 0.3) is 10.8 Å². The summed E-state index contributed by atoms with van der Waals surface area (Å²) in [5, 5.41) is 14.4. The summed E-state index contributed by atoms with van der Waals surface area (Å²) >= 11 is 0. The topological polar surface area (TPSA) is 84.9 Å². The monoisotopic (exact) mass is 377 g/mol. The number of ether oxygens (including phenoxy) is 2. The van der Waals surface area contributed by atoms with Crippen molar-refractivity contribution < 1.29 is 24.2 Å². The van der Waals surface area contributed by atoms with Crippen LogP contribution < -0.4 is 14.8 Å². The molecule has 6 nitrogen and oxygen atoms in total. The van der Waals surface area contributed by atoms with Crippen LogP contribution in [0.2, 0.25) is 0 Å². The minimum absolute atomic E-state index is 0.118. The van der Waals surface area contributed by atoms with Gasteiger partial charge in [0.2, 0.25) is 12.7 Å². The number of benzene rings is 3. The average Bonchev–Trinajstić information content (AvgIpc) is 3.15. The molecule has 1 amide bonds. The Morgan fingerprint density at radius 1 is 1.00 bits per heavy atom. The fraction of sp³-hybridized carbons (Fsp3) is 0.182. The molecule has 2 N–H and O–H groups in total. The lowest BCUT2D eigenvalue weighted by Gasteiger charge is -2.14. The molecule has 142 valence electrons. The lowest BCUT2D eigenvalue weighted by Crippen LogP contribution is -2.24. The van der Waals surface area contributed by atoms with Gasteiger partial charge in [0.05, 0.1) is 5.92 Å². The predicted molar refractivity (Wildman–Crippen MR) is 105 cm³/mol. The first-order chi connectivity index (χ1) is 13.6. The first-order valence-electron chi connectivity index (χ1n) is 8.99. The molecule has 0 spiro atoms. The van der Waals surface area contributed by atoms with Gasteiger partial charge in [0.25, 0.3) is 0 Å². The van der Waals surface area contributed by atoms with Crippen molar-refractivity contribution in [3.63, 3.8) is 0 Å². The quantitative estimate of drug-likeness (QED) is 0.682. The summed E-state index contributed by atoms with van der Waals surface area (Å²) in [7, 11) is 0. The normalized spacial score (nSPS) is 13.3. The third-order valence-corrected chi connectivity index (χ3v) is 4.76. The molecular weight excluding hydrogens is 358 g/mol. The van der Waals surface area contributed by atoms with Crippen molar-refractivity contribution in [2.45, 2.75) is 12.8 Å². The zero-order chi connectivity index (χ0) is 19.5. The van der Waals surface area contributed by atoms with E-state index in [1.165, 1.54) is 0 Å². The van der Waals surface area contributed by atoms with Gasteiger partial charge in [-0.25, -0.2) is 0 Å². The number of carboxylic acid groups (broad SMARTS) is 1. The van der Waals surface area contributed by atoms with Gasteiger partial charge < -0.3 is 19.9 Å². The Morgan fingerprint density at radius 3 is 2.64 bits per heavy atom. The molecule has 6 heteroatoms. The van der Waals surface area contributed by atoms with E-state index in [0.717, 1.165) is 16.3 Å². The van der Waals surface area contributed by atoms with E-state index in [9.17, 15) is 14.7 Å². The van der Waals surface area contributed by atoms with Crippen molar-refractivity contribution in [2.75, 3.05) is 12.1 Å². The van der Waals surface area contributed by atoms with Gasteiger partial charge in [0.15, 0.2) is 11.5 Å². The third kappa shape index (κ3) is 3.76. The van der Waals surface area contributed by atoms with Gasteiger partial charge in [0, 0.05) is 17.5 Å². The summed E-state index contributed by atoms with van der Waals surface area (Å²) in [5.41, 5.74) is 1.46. The number of amides is 1. The molecule has 0 saturated carbocycles. The summed E-state index contributed by atoms with van der Waals surface area (Å²) < 4.78 is 10.6. The van der Waals surface area contributed by atoms with E-state index in [2.05, 4.69) is 5.32 Å². The maximum atomic E-state index is 12.5. The number of hydrogen-bond donors (Lipinski definition) is 2. The largest absolute Gasteiger partial charge is 0.481 e. The number of anilines is 1. The third-order valence-electron chi connectivity index (χ3n) is 4.76. The molecule has 0 radical (unpaired) electrons. The molecule has 0 bridgehead atoms. The van der Waals surface area contributed by atoms with Gasteiger partial charge in [-0.15, -0.1) is 0 Å². The maximum Gasteiger partial charge on any atom is 0.307 e. The second-order valence-corrected chi connectivity index (χ2v) is 6.71. The molecule has 1 unspecified atom stereocenters. The van der Waals surface area contributed by atoms with E-state index < -0.39 is 11.9 Å². The van der Waals surface area contributed by atoms with Crippen LogP contribution in [0.5, 0.6) is 11.5 Å². The highest BCUT2D eigenvalue weighted by atomic mass is 16.7. The Hall–Kier alpha value is -3.54. The Kier molecular flexibility index (Phi) is 4.85. The second-order valence-electron chi connectivity index (χ2n) is 6.71. The van der Waals surface area contributed by atoms with E-state index in [0.29, 0.717) is 17.2 Å². The first-order valence-corrected chi connectivity index (χ1v) is 8.99. The van der Waals surface area contributed by atoms with Gasteiger partial charge in [-0.05, 0) is 35.6 Å². The van der Waals surface area contributed by atoms with E-state index in [-0.39, 0.29) is 25.5 Å². The highest BCUT2D eigenvalue weighted by molar-refractivity contribution is 6.02. The number of hydrogen-bond acceptors (Lipinski definition) is 4. The van der Waals surface area contributed by atoms with Crippen molar-refractivity contribution in [1.82, 2.24) is 0 Å². The van der Waals surface area contributed by atoms with Crippen molar-refractivity contribution >= 4 is 28.3 Å². The lowest BCUT2D eigenvalue weighted by molar-refractivity contribution is -0.143. The van der Waals surface area contributed by atoms with E-state index in [4.69, 9.17) is 9.47 Å². The fourth-order valence-corrected chi connectivity index (χ4v) is 3.36. The summed E-state index contributed by atoms with van der Waals surface area (Å²) in [5.74, 6) is -0.934. The molecule has 1 atom stereocenters. The zero-order valence-corrected chi connectivity index (χ0v) is 15.1. The van der Waals surface area contributed by atoms with E-state index in [1.54, 1.807) is 18.2 Å². The van der Waals surface area contributed by atoms with Gasteiger partial charge in [-0.2, -0.15) is 0 Å². The molecule has 3 aromatic rings. The summed E-state index contributed by atoms with van der Waals surface area (Å²) in [4.78, 5) is 24.2. The molecule has 1 aliphatic heterocycles. The van der Waals surface area contributed by atoms with Crippen LogP contribution in [0.4, 0.5) is 5.69 Å². The van der Waals surface area contributed by atoms with Crippen LogP contribution in [-0.4, -0.2) is 23.8 Å². The Morgan fingerprint density at radius 2 is 1.79 bits per heavy atom. The maximum absolute atomic E-state index is 12.5. The van der Waals surface area contributed by atoms with Gasteiger partial charge in [0.1, 0.15) is 0 Å². The molecular formula is C22H19NO5. The zero-order valence-electron chi connectivity index (χ0n) is 15.1. The summed E-state index contributed by atoms with van der Waals surface area (Å²) in [6.07, 6.45) is 0.113. The first kappa shape index (κ1) is 17.9. The van der Waals surface area contributed by atoms with Gasteiger partial charge >= 0.3 is 5.97 Å². The van der Waals surface area contributed by atoms with E-state index >= 15 is 0 Å². The molecule has 4 rings (SSSR count). The Balaban J connectivity index is 1.47. The SMILES string of the molecule is O=C(CC(Cc1ccc2c(c1)OCO2)C(=O)O)Nc1cccc2ccccc12. The fourth-order valence-electron chi connectivity index (χ4n) is 3.36. The highest BCUT2D eigenvalue weighted by Gasteiger charge is 2.23. The van der Waals surface area contributed by atoms with Crippen molar-refractivity contribution in [3.05, 3.63) is 66.2 Å². The standard InChI is InChI=1S/C22H19NO5/c24-21(23-18-7-3-5-15-4-1-2-6-17(15)18)12-16(22(25)26)10-14-8-9-19-20(11-14)28-13-27-19/h1-9,11,16H,10,12-13H2,(H,23,24)(H,25,26). The molecule has 0 aliphatic carbocycles. The minimum Gasteiger partial charge on any atom is -0.481 e. The average molecular weight is 377 g/mol. The number of carbonyl (C=O) groups is 2. The number of nitrogens with one attached hydrogen (secondary N) is 1. The molecule has 1 aliphatic rings. The second kappa shape index (κ2) is 7.60. The minimum atomic E-state index is -1.01. The Bertz CT molecular complexity index is 1040. The smallest absolute Gasteiger partial charge is 0.307 e. The summed E-state index contributed by atoms with van der Waals surface area (Å²) in [6.45, 7) is 0.161. The van der Waals surface area contributed by atoms with E-state index in [1.807, 2.05) is 42.5 Å². The Labute approximate surface area is 161 Å². The van der Waals surface area contributed by atoms with Gasteiger partial charge in [-0.1, -0.05) is 42.5 Å². The molecule has 0 aromatic heterocycles.